The Balaban J connectivity index is 2.27. The highest BCUT2D eigenvalue weighted by Gasteiger charge is 2.37. The standard InChI is InChI=1S/C15H9F6NO2/c16-14(17,18)9-6-10(15(19,20)21)8-11(7-9)22-13(23)24-12-4-2-1-3-5-12/h1-8H,(H,22,23). The average Bonchev–Trinajstić information content (AvgIpc) is 2.46. The van der Waals surface area contributed by atoms with Crippen molar-refractivity contribution in [3.8, 4) is 5.75 Å². The van der Waals surface area contributed by atoms with Gasteiger partial charge in [-0.25, -0.2) is 4.79 Å². The van der Waals surface area contributed by atoms with Crippen LogP contribution in [-0.2, 0) is 12.4 Å². The number of anilines is 1. The molecule has 0 atom stereocenters. The summed E-state index contributed by atoms with van der Waals surface area (Å²) in [6.45, 7) is 0. The number of hydrogen-bond donors (Lipinski definition) is 1. The number of alkyl halides is 6. The van der Waals surface area contributed by atoms with Crippen LogP contribution in [0.25, 0.3) is 0 Å². The Labute approximate surface area is 131 Å². The molecule has 1 N–H and O–H groups in total. The van der Waals surface area contributed by atoms with Gasteiger partial charge in [-0.1, -0.05) is 18.2 Å². The Bertz CT molecular complexity index is 693. The number of carbonyl (C=O) groups is 1. The Morgan fingerprint density at radius 1 is 0.833 bits per heavy atom. The third kappa shape index (κ3) is 4.64. The lowest BCUT2D eigenvalue weighted by Crippen LogP contribution is -2.18. The average molecular weight is 349 g/mol. The third-order valence-corrected chi connectivity index (χ3v) is 2.79. The van der Waals surface area contributed by atoms with Gasteiger partial charge in [0.2, 0.25) is 0 Å². The zero-order chi connectivity index (χ0) is 18.0. The van der Waals surface area contributed by atoms with Crippen molar-refractivity contribution < 1.29 is 35.9 Å². The summed E-state index contributed by atoms with van der Waals surface area (Å²) in [5.74, 6) is 0.0815. The van der Waals surface area contributed by atoms with Crippen molar-refractivity contribution in [1.82, 2.24) is 0 Å². The first-order chi connectivity index (χ1) is 11.1. The fourth-order valence-corrected chi connectivity index (χ4v) is 1.77. The van der Waals surface area contributed by atoms with Gasteiger partial charge in [0.05, 0.1) is 11.1 Å². The lowest BCUT2D eigenvalue weighted by Gasteiger charge is -2.14. The molecule has 0 bridgehead atoms. The van der Waals surface area contributed by atoms with Crippen LogP contribution >= 0.6 is 0 Å². The van der Waals surface area contributed by atoms with Crippen LogP contribution < -0.4 is 10.1 Å². The highest BCUT2D eigenvalue weighted by Crippen LogP contribution is 2.37. The first-order valence-corrected chi connectivity index (χ1v) is 6.39. The van der Waals surface area contributed by atoms with Crippen LogP contribution in [0.3, 0.4) is 0 Å². The molecule has 0 saturated carbocycles. The molecule has 0 heterocycles. The van der Waals surface area contributed by atoms with E-state index < -0.39 is 35.3 Å². The number of hydrogen-bond acceptors (Lipinski definition) is 2. The monoisotopic (exact) mass is 349 g/mol. The molecule has 0 fully saturated rings. The van der Waals surface area contributed by atoms with Crippen LogP contribution in [0.2, 0.25) is 0 Å². The van der Waals surface area contributed by atoms with Gasteiger partial charge in [-0.2, -0.15) is 26.3 Å². The summed E-state index contributed by atoms with van der Waals surface area (Å²) < 4.78 is 81.0. The molecular formula is C15H9F6NO2. The minimum atomic E-state index is -5.00. The fourth-order valence-electron chi connectivity index (χ4n) is 1.77. The van der Waals surface area contributed by atoms with E-state index in [2.05, 4.69) is 0 Å². The summed E-state index contributed by atoms with van der Waals surface area (Å²) in [7, 11) is 0. The Morgan fingerprint density at radius 2 is 1.33 bits per heavy atom. The third-order valence-electron chi connectivity index (χ3n) is 2.79. The molecule has 24 heavy (non-hydrogen) atoms. The van der Waals surface area contributed by atoms with E-state index in [9.17, 15) is 31.1 Å². The number of ether oxygens (including phenoxy) is 1. The predicted octanol–water partition coefficient (Wildman–Crippen LogP) is 5.34. The molecule has 128 valence electrons. The number of para-hydroxylation sites is 1. The van der Waals surface area contributed by atoms with Crippen molar-refractivity contribution in [2.45, 2.75) is 12.4 Å². The Hall–Kier alpha value is -2.71. The second-order valence-corrected chi connectivity index (χ2v) is 4.62. The smallest absolute Gasteiger partial charge is 0.410 e. The molecule has 2 aromatic carbocycles. The van der Waals surface area contributed by atoms with Crippen LogP contribution in [0.4, 0.5) is 36.8 Å². The van der Waals surface area contributed by atoms with Crippen molar-refractivity contribution in [3.63, 3.8) is 0 Å². The van der Waals surface area contributed by atoms with Gasteiger partial charge in [-0.15, -0.1) is 0 Å². The molecule has 0 aliphatic rings. The van der Waals surface area contributed by atoms with Gasteiger partial charge in [0, 0.05) is 5.69 Å². The lowest BCUT2D eigenvalue weighted by molar-refractivity contribution is -0.143. The molecule has 0 aliphatic heterocycles. The minimum Gasteiger partial charge on any atom is -0.410 e. The summed E-state index contributed by atoms with van der Waals surface area (Å²) in [6.07, 6.45) is -11.2. The molecule has 0 saturated heterocycles. The molecule has 0 spiro atoms. The molecule has 0 aromatic heterocycles. The number of amides is 1. The van der Waals surface area contributed by atoms with Crippen molar-refractivity contribution in [1.29, 1.82) is 0 Å². The largest absolute Gasteiger partial charge is 0.417 e. The van der Waals surface area contributed by atoms with E-state index in [4.69, 9.17) is 4.74 Å². The van der Waals surface area contributed by atoms with E-state index >= 15 is 0 Å². The van der Waals surface area contributed by atoms with Gasteiger partial charge in [-0.05, 0) is 30.3 Å². The predicted molar refractivity (Wildman–Crippen MR) is 72.5 cm³/mol. The molecule has 2 rings (SSSR count). The maximum absolute atomic E-state index is 12.7. The summed E-state index contributed by atoms with van der Waals surface area (Å²) in [4.78, 5) is 11.6. The zero-order valence-corrected chi connectivity index (χ0v) is 11.7. The van der Waals surface area contributed by atoms with Gasteiger partial charge in [0.1, 0.15) is 5.75 Å². The first-order valence-electron chi connectivity index (χ1n) is 6.39. The molecule has 9 heteroatoms. The molecule has 0 unspecified atom stereocenters. The number of halogens is 6. The molecule has 1 amide bonds. The Kier molecular flexibility index (Phi) is 4.72. The molecule has 0 radical (unpaired) electrons. The van der Waals surface area contributed by atoms with Crippen molar-refractivity contribution >= 4 is 11.8 Å². The minimum absolute atomic E-state index is 0.0340. The van der Waals surface area contributed by atoms with Gasteiger partial charge >= 0.3 is 18.4 Å². The molecule has 2 aromatic rings. The van der Waals surface area contributed by atoms with Crippen molar-refractivity contribution in [2.75, 3.05) is 5.32 Å². The fraction of sp³-hybridized carbons (Fsp3) is 0.133. The number of rotatable bonds is 2. The summed E-state index contributed by atoms with van der Waals surface area (Å²) >= 11 is 0. The van der Waals surface area contributed by atoms with Gasteiger partial charge in [0.25, 0.3) is 0 Å². The van der Waals surface area contributed by atoms with Crippen LogP contribution in [0.5, 0.6) is 5.75 Å². The van der Waals surface area contributed by atoms with Crippen LogP contribution in [0, 0.1) is 0 Å². The summed E-state index contributed by atoms with van der Waals surface area (Å²) in [5, 5.41) is 1.85. The maximum atomic E-state index is 12.7. The summed E-state index contributed by atoms with van der Waals surface area (Å²) in [5.41, 5.74) is -3.75. The highest BCUT2D eigenvalue weighted by molar-refractivity contribution is 5.86. The van der Waals surface area contributed by atoms with E-state index in [1.54, 1.807) is 6.07 Å². The van der Waals surface area contributed by atoms with Gasteiger partial charge in [-0.3, -0.25) is 5.32 Å². The van der Waals surface area contributed by atoms with E-state index in [1.165, 1.54) is 24.3 Å². The van der Waals surface area contributed by atoms with Crippen molar-refractivity contribution in [3.05, 3.63) is 59.7 Å². The molecule has 0 aliphatic carbocycles. The van der Waals surface area contributed by atoms with Crippen LogP contribution in [0.15, 0.2) is 48.5 Å². The molecular weight excluding hydrogens is 340 g/mol. The SMILES string of the molecule is O=C(Nc1cc(C(F)(F)F)cc(C(F)(F)F)c1)Oc1ccccc1. The van der Waals surface area contributed by atoms with Gasteiger partial charge in [0.15, 0.2) is 0 Å². The van der Waals surface area contributed by atoms with E-state index in [0.717, 1.165) is 0 Å². The maximum Gasteiger partial charge on any atom is 0.417 e. The van der Waals surface area contributed by atoms with Crippen molar-refractivity contribution in [2.24, 2.45) is 0 Å². The number of benzene rings is 2. The second-order valence-electron chi connectivity index (χ2n) is 4.62. The Morgan fingerprint density at radius 3 is 1.79 bits per heavy atom. The van der Waals surface area contributed by atoms with Crippen LogP contribution in [-0.4, -0.2) is 6.09 Å². The van der Waals surface area contributed by atoms with E-state index in [0.29, 0.717) is 12.1 Å². The highest BCUT2D eigenvalue weighted by atomic mass is 19.4. The second kappa shape index (κ2) is 6.42. The molecule has 3 nitrogen and oxygen atoms in total. The van der Waals surface area contributed by atoms with Crippen LogP contribution in [0.1, 0.15) is 11.1 Å². The first kappa shape index (κ1) is 17.6. The number of carbonyl (C=O) groups excluding carboxylic acids is 1. The topological polar surface area (TPSA) is 38.3 Å². The van der Waals surface area contributed by atoms with E-state index in [1.807, 2.05) is 5.32 Å². The summed E-state index contributed by atoms with van der Waals surface area (Å²) in [6, 6.07) is 8.24. The number of nitrogens with one attached hydrogen (secondary N) is 1. The zero-order valence-electron chi connectivity index (χ0n) is 11.7. The van der Waals surface area contributed by atoms with E-state index in [-0.39, 0.29) is 11.8 Å². The quantitative estimate of drug-likeness (QED) is 0.744. The lowest BCUT2D eigenvalue weighted by atomic mass is 10.1. The van der Waals surface area contributed by atoms with Gasteiger partial charge < -0.3 is 4.74 Å². The normalized spacial score (nSPS) is 11.9.